The summed E-state index contributed by atoms with van der Waals surface area (Å²) in [6, 6.07) is 7.49. The van der Waals surface area contributed by atoms with Crippen LogP contribution in [0.2, 0.25) is 0 Å². The number of nitrogens with zero attached hydrogens (tertiary/aromatic N) is 2. The van der Waals surface area contributed by atoms with E-state index in [2.05, 4.69) is 15.6 Å². The largest absolute Gasteiger partial charge is 0.350 e. The number of rotatable bonds is 6. The van der Waals surface area contributed by atoms with E-state index in [1.54, 1.807) is 53.5 Å². The number of thiophene rings is 1. The van der Waals surface area contributed by atoms with E-state index in [4.69, 9.17) is 0 Å². The third-order valence-electron chi connectivity index (χ3n) is 3.75. The first kappa shape index (κ1) is 17.8. The predicted octanol–water partition coefficient (Wildman–Crippen LogP) is 2.51. The molecule has 0 saturated heterocycles. The summed E-state index contributed by atoms with van der Waals surface area (Å²) in [5, 5.41) is 7.12. The van der Waals surface area contributed by atoms with Gasteiger partial charge in [-0.3, -0.25) is 9.59 Å². The molecule has 0 radical (unpaired) electrons. The number of nitrogens with one attached hydrogen (secondary N) is 2. The number of imidazole rings is 1. The van der Waals surface area contributed by atoms with Gasteiger partial charge in [0.05, 0.1) is 16.9 Å². The fourth-order valence-electron chi connectivity index (χ4n) is 2.35. The molecule has 0 saturated carbocycles. The molecular weight excluding hydrogens is 355 g/mol. The van der Waals surface area contributed by atoms with Crippen LogP contribution in [0.25, 0.3) is 5.69 Å². The minimum absolute atomic E-state index is 0.166. The van der Waals surface area contributed by atoms with E-state index >= 15 is 0 Å². The third kappa shape index (κ3) is 4.15. The normalized spacial score (nSPS) is 11.8. The van der Waals surface area contributed by atoms with E-state index in [0.717, 1.165) is 0 Å². The van der Waals surface area contributed by atoms with Crippen LogP contribution in [0.1, 0.15) is 22.2 Å². The Balaban J connectivity index is 1.55. The zero-order valence-electron chi connectivity index (χ0n) is 14.0. The molecular formula is C18H17FN4O2S. The molecule has 2 aromatic heterocycles. The predicted molar refractivity (Wildman–Crippen MR) is 96.6 cm³/mol. The standard InChI is InChI=1S/C18H17FN4O2S/c1-12(22-18(25)16-3-2-8-26-16)17(24)21-10-13-4-5-15(14(19)9-13)23-7-6-20-11-23/h2-9,11-12H,10H2,1H3,(H,21,24)(H,22,25)/t12-/m1/s1. The second kappa shape index (κ2) is 7.92. The number of hydrogen-bond donors (Lipinski definition) is 2. The summed E-state index contributed by atoms with van der Waals surface area (Å²) in [4.78, 5) is 28.5. The molecule has 2 amide bonds. The maximum atomic E-state index is 14.2. The van der Waals surface area contributed by atoms with Crippen LogP contribution in [0.4, 0.5) is 4.39 Å². The Bertz CT molecular complexity index is 894. The molecule has 26 heavy (non-hydrogen) atoms. The number of carbonyl (C=O) groups excluding carboxylic acids is 2. The maximum absolute atomic E-state index is 14.2. The van der Waals surface area contributed by atoms with Gasteiger partial charge in [-0.05, 0) is 36.1 Å². The van der Waals surface area contributed by atoms with E-state index in [9.17, 15) is 14.0 Å². The van der Waals surface area contributed by atoms with Crippen LogP contribution in [0.3, 0.4) is 0 Å². The molecule has 3 rings (SSSR count). The molecule has 134 valence electrons. The lowest BCUT2D eigenvalue weighted by atomic mass is 10.2. The number of aromatic nitrogens is 2. The van der Waals surface area contributed by atoms with Crippen molar-refractivity contribution in [3.8, 4) is 5.69 Å². The lowest BCUT2D eigenvalue weighted by molar-refractivity contribution is -0.122. The van der Waals surface area contributed by atoms with Crippen LogP contribution in [-0.2, 0) is 11.3 Å². The Labute approximate surface area is 153 Å². The molecule has 0 aliphatic carbocycles. The summed E-state index contributed by atoms with van der Waals surface area (Å²) in [7, 11) is 0. The molecule has 1 atom stereocenters. The second-order valence-corrected chi connectivity index (χ2v) is 6.59. The molecule has 0 aliphatic rings. The van der Waals surface area contributed by atoms with Gasteiger partial charge >= 0.3 is 0 Å². The van der Waals surface area contributed by atoms with Gasteiger partial charge in [0, 0.05) is 18.9 Å². The molecule has 2 heterocycles. The van der Waals surface area contributed by atoms with Crippen LogP contribution >= 0.6 is 11.3 Å². The summed E-state index contributed by atoms with van der Waals surface area (Å²) >= 11 is 1.30. The number of halogens is 1. The van der Waals surface area contributed by atoms with Crippen LogP contribution in [0.15, 0.2) is 54.4 Å². The van der Waals surface area contributed by atoms with E-state index in [-0.39, 0.29) is 18.4 Å². The quantitative estimate of drug-likeness (QED) is 0.698. The van der Waals surface area contributed by atoms with Crippen LogP contribution < -0.4 is 10.6 Å². The topological polar surface area (TPSA) is 76.0 Å². The molecule has 0 fully saturated rings. The van der Waals surface area contributed by atoms with E-state index in [0.29, 0.717) is 16.1 Å². The highest BCUT2D eigenvalue weighted by molar-refractivity contribution is 7.12. The van der Waals surface area contributed by atoms with Crippen molar-refractivity contribution in [3.63, 3.8) is 0 Å². The lowest BCUT2D eigenvalue weighted by Gasteiger charge is -2.14. The van der Waals surface area contributed by atoms with Crippen molar-refractivity contribution < 1.29 is 14.0 Å². The van der Waals surface area contributed by atoms with Gasteiger partial charge in [0.15, 0.2) is 0 Å². The fraction of sp³-hybridized carbons (Fsp3) is 0.167. The summed E-state index contributed by atoms with van der Waals surface area (Å²) in [6.45, 7) is 1.77. The molecule has 3 aromatic rings. The van der Waals surface area contributed by atoms with Crippen molar-refractivity contribution >= 4 is 23.2 Å². The minimum atomic E-state index is -0.695. The summed E-state index contributed by atoms with van der Waals surface area (Å²) < 4.78 is 15.8. The highest BCUT2D eigenvalue weighted by atomic mass is 32.1. The number of carbonyl (C=O) groups is 2. The van der Waals surface area contributed by atoms with Gasteiger partial charge in [-0.25, -0.2) is 9.37 Å². The molecule has 0 spiro atoms. The number of benzene rings is 1. The first-order chi connectivity index (χ1) is 12.5. The summed E-state index contributed by atoms with van der Waals surface area (Å²) in [5.41, 5.74) is 1.01. The SMILES string of the molecule is C[C@@H](NC(=O)c1cccs1)C(=O)NCc1ccc(-n2ccnc2)c(F)c1. The van der Waals surface area contributed by atoms with Gasteiger partial charge in [0.25, 0.3) is 5.91 Å². The first-order valence-electron chi connectivity index (χ1n) is 7.93. The van der Waals surface area contributed by atoms with Gasteiger partial charge in [0.1, 0.15) is 11.9 Å². The Hall–Kier alpha value is -3.00. The van der Waals surface area contributed by atoms with Gasteiger partial charge in [0.2, 0.25) is 5.91 Å². The summed E-state index contributed by atoms with van der Waals surface area (Å²) in [5.74, 6) is -1.04. The molecule has 6 nitrogen and oxygen atoms in total. The number of amides is 2. The average Bonchev–Trinajstić information content (AvgIpc) is 3.33. The Kier molecular flexibility index (Phi) is 5.43. The molecule has 2 N–H and O–H groups in total. The van der Waals surface area contributed by atoms with Crippen molar-refractivity contribution in [3.05, 3.63) is 70.7 Å². The third-order valence-corrected chi connectivity index (χ3v) is 4.62. The van der Waals surface area contributed by atoms with Crippen molar-refractivity contribution in [2.24, 2.45) is 0 Å². The Morgan fingerprint density at radius 3 is 2.85 bits per heavy atom. The zero-order chi connectivity index (χ0) is 18.5. The van der Waals surface area contributed by atoms with Crippen LogP contribution in [-0.4, -0.2) is 27.4 Å². The minimum Gasteiger partial charge on any atom is -0.350 e. The highest BCUT2D eigenvalue weighted by Gasteiger charge is 2.17. The van der Waals surface area contributed by atoms with Crippen molar-refractivity contribution in [1.82, 2.24) is 20.2 Å². The van der Waals surface area contributed by atoms with E-state index < -0.39 is 11.9 Å². The van der Waals surface area contributed by atoms with E-state index in [1.807, 2.05) is 0 Å². The van der Waals surface area contributed by atoms with Crippen molar-refractivity contribution in [2.75, 3.05) is 0 Å². The van der Waals surface area contributed by atoms with Crippen LogP contribution in [0, 0.1) is 5.82 Å². The van der Waals surface area contributed by atoms with Gasteiger partial charge in [-0.1, -0.05) is 12.1 Å². The summed E-state index contributed by atoms with van der Waals surface area (Å²) in [6.07, 6.45) is 4.73. The van der Waals surface area contributed by atoms with Gasteiger partial charge in [-0.15, -0.1) is 11.3 Å². The zero-order valence-corrected chi connectivity index (χ0v) is 14.8. The average molecular weight is 372 g/mol. The smallest absolute Gasteiger partial charge is 0.261 e. The number of hydrogen-bond acceptors (Lipinski definition) is 4. The van der Waals surface area contributed by atoms with Gasteiger partial charge in [-0.2, -0.15) is 0 Å². The molecule has 0 unspecified atom stereocenters. The van der Waals surface area contributed by atoms with Gasteiger partial charge < -0.3 is 15.2 Å². The second-order valence-electron chi connectivity index (χ2n) is 5.65. The molecule has 1 aromatic carbocycles. The molecule has 8 heteroatoms. The van der Waals surface area contributed by atoms with Crippen LogP contribution in [0.5, 0.6) is 0 Å². The van der Waals surface area contributed by atoms with Crippen molar-refractivity contribution in [2.45, 2.75) is 19.5 Å². The molecule has 0 aliphatic heterocycles. The van der Waals surface area contributed by atoms with E-state index in [1.165, 1.54) is 23.7 Å². The maximum Gasteiger partial charge on any atom is 0.261 e. The Morgan fingerprint density at radius 1 is 1.35 bits per heavy atom. The van der Waals surface area contributed by atoms with Crippen molar-refractivity contribution in [1.29, 1.82) is 0 Å². The molecule has 0 bridgehead atoms. The fourth-order valence-corrected chi connectivity index (χ4v) is 2.98. The Morgan fingerprint density at radius 2 is 2.19 bits per heavy atom. The lowest BCUT2D eigenvalue weighted by Crippen LogP contribution is -2.44. The first-order valence-corrected chi connectivity index (χ1v) is 8.81. The monoisotopic (exact) mass is 372 g/mol. The highest BCUT2D eigenvalue weighted by Crippen LogP contribution is 2.15.